The van der Waals surface area contributed by atoms with Gasteiger partial charge in [-0.05, 0) is 31.6 Å². The smallest absolute Gasteiger partial charge is 0.272 e. The van der Waals surface area contributed by atoms with Crippen LogP contribution in [0.25, 0.3) is 0 Å². The number of ether oxygens (including phenoxy) is 1. The highest BCUT2D eigenvalue weighted by Gasteiger charge is 2.23. The fourth-order valence-corrected chi connectivity index (χ4v) is 3.13. The molecule has 1 aromatic heterocycles. The van der Waals surface area contributed by atoms with E-state index in [1.165, 1.54) is 12.7 Å². The van der Waals surface area contributed by atoms with Gasteiger partial charge in [-0.15, -0.1) is 0 Å². The number of likely N-dealkylation sites (tertiary alicyclic amines) is 1. The van der Waals surface area contributed by atoms with Crippen LogP contribution >= 0.6 is 0 Å². The maximum atomic E-state index is 12.5. The van der Waals surface area contributed by atoms with E-state index in [9.17, 15) is 4.79 Å². The van der Waals surface area contributed by atoms with Crippen LogP contribution in [0.15, 0.2) is 12.4 Å². The van der Waals surface area contributed by atoms with E-state index in [-0.39, 0.29) is 12.0 Å². The summed E-state index contributed by atoms with van der Waals surface area (Å²) in [6.07, 6.45) is 6.17. The van der Waals surface area contributed by atoms with Crippen molar-refractivity contribution in [3.8, 4) is 0 Å². The molecule has 120 valence electrons. The Morgan fingerprint density at radius 1 is 1.41 bits per heavy atom. The van der Waals surface area contributed by atoms with Gasteiger partial charge in [0.1, 0.15) is 17.8 Å². The van der Waals surface area contributed by atoms with Crippen LogP contribution in [0.4, 0.5) is 5.82 Å². The van der Waals surface area contributed by atoms with E-state index < -0.39 is 0 Å². The van der Waals surface area contributed by atoms with Crippen molar-refractivity contribution < 1.29 is 9.53 Å². The number of hydrogen-bond donors (Lipinski definition) is 1. The fourth-order valence-electron chi connectivity index (χ4n) is 3.13. The Hall–Kier alpha value is -1.69. The molecular formula is C16H24N4O2. The van der Waals surface area contributed by atoms with Crippen molar-refractivity contribution in [3.05, 3.63) is 18.1 Å². The number of amides is 1. The van der Waals surface area contributed by atoms with Crippen LogP contribution in [0.5, 0.6) is 0 Å². The summed E-state index contributed by atoms with van der Waals surface area (Å²) in [5, 5.41) is 3.25. The molecule has 2 aliphatic heterocycles. The number of carbonyl (C=O) groups is 1. The van der Waals surface area contributed by atoms with Crippen molar-refractivity contribution in [2.45, 2.75) is 38.7 Å². The Balaban J connectivity index is 1.61. The lowest BCUT2D eigenvalue weighted by molar-refractivity contribution is 0.0677. The van der Waals surface area contributed by atoms with E-state index in [0.717, 1.165) is 45.5 Å². The summed E-state index contributed by atoms with van der Waals surface area (Å²) >= 11 is 0. The number of hydrogen-bond acceptors (Lipinski definition) is 5. The van der Waals surface area contributed by atoms with Crippen LogP contribution in [0.3, 0.4) is 0 Å². The molecule has 2 saturated heterocycles. The average molecular weight is 304 g/mol. The molecule has 0 aromatic carbocycles. The Morgan fingerprint density at radius 3 is 3.09 bits per heavy atom. The Kier molecular flexibility index (Phi) is 4.87. The van der Waals surface area contributed by atoms with Crippen LogP contribution in [0.2, 0.25) is 0 Å². The molecule has 1 aromatic rings. The van der Waals surface area contributed by atoms with Gasteiger partial charge in [-0.1, -0.05) is 6.92 Å². The lowest BCUT2D eigenvalue weighted by atomic mass is 10.00. The second-order valence-corrected chi connectivity index (χ2v) is 6.30. The molecule has 2 fully saturated rings. The molecule has 3 heterocycles. The van der Waals surface area contributed by atoms with Crippen LogP contribution < -0.4 is 5.32 Å². The van der Waals surface area contributed by atoms with Gasteiger partial charge < -0.3 is 15.0 Å². The predicted molar refractivity (Wildman–Crippen MR) is 83.8 cm³/mol. The van der Waals surface area contributed by atoms with Crippen molar-refractivity contribution in [2.75, 3.05) is 31.6 Å². The van der Waals surface area contributed by atoms with Crippen LogP contribution in [0, 0.1) is 5.92 Å². The van der Waals surface area contributed by atoms with Crippen molar-refractivity contribution in [2.24, 2.45) is 5.92 Å². The normalized spacial score (nSPS) is 25.2. The molecule has 2 unspecified atom stereocenters. The average Bonchev–Trinajstić information content (AvgIpc) is 3.06. The molecule has 2 aliphatic rings. The molecule has 0 radical (unpaired) electrons. The minimum Gasteiger partial charge on any atom is -0.376 e. The van der Waals surface area contributed by atoms with Gasteiger partial charge in [0.25, 0.3) is 5.91 Å². The third-order valence-corrected chi connectivity index (χ3v) is 4.37. The van der Waals surface area contributed by atoms with Crippen molar-refractivity contribution in [1.29, 1.82) is 0 Å². The molecule has 0 saturated carbocycles. The summed E-state index contributed by atoms with van der Waals surface area (Å²) in [4.78, 5) is 22.8. The highest BCUT2D eigenvalue weighted by atomic mass is 16.5. The largest absolute Gasteiger partial charge is 0.376 e. The molecule has 3 rings (SSSR count). The summed E-state index contributed by atoms with van der Waals surface area (Å²) < 4.78 is 5.58. The van der Waals surface area contributed by atoms with Crippen molar-refractivity contribution in [1.82, 2.24) is 14.9 Å². The van der Waals surface area contributed by atoms with E-state index >= 15 is 0 Å². The Bertz CT molecular complexity index is 517. The monoisotopic (exact) mass is 304 g/mol. The molecular weight excluding hydrogens is 280 g/mol. The summed E-state index contributed by atoms with van der Waals surface area (Å²) in [6, 6.07) is 1.75. The molecule has 1 N–H and O–H groups in total. The van der Waals surface area contributed by atoms with E-state index in [1.54, 1.807) is 6.07 Å². The number of anilines is 1. The van der Waals surface area contributed by atoms with E-state index in [1.807, 2.05) is 4.90 Å². The maximum Gasteiger partial charge on any atom is 0.272 e. The summed E-state index contributed by atoms with van der Waals surface area (Å²) in [6.45, 7) is 5.40. The van der Waals surface area contributed by atoms with Gasteiger partial charge in [-0.2, -0.15) is 0 Å². The Labute approximate surface area is 131 Å². The minimum atomic E-state index is 0.00844. The van der Waals surface area contributed by atoms with E-state index in [4.69, 9.17) is 4.74 Å². The predicted octanol–water partition coefficient (Wildman–Crippen LogP) is 1.94. The molecule has 0 aliphatic carbocycles. The minimum absolute atomic E-state index is 0.00844. The molecule has 1 amide bonds. The first-order valence-electron chi connectivity index (χ1n) is 8.19. The summed E-state index contributed by atoms with van der Waals surface area (Å²) in [7, 11) is 0. The van der Waals surface area contributed by atoms with Gasteiger partial charge in [-0.25, -0.2) is 9.97 Å². The van der Waals surface area contributed by atoms with Crippen LogP contribution in [0.1, 0.15) is 43.1 Å². The Morgan fingerprint density at radius 2 is 2.32 bits per heavy atom. The number of piperidine rings is 1. The molecule has 22 heavy (non-hydrogen) atoms. The number of aromatic nitrogens is 2. The fraction of sp³-hybridized carbons (Fsp3) is 0.688. The van der Waals surface area contributed by atoms with Gasteiger partial charge in [0.05, 0.1) is 6.10 Å². The molecule has 6 nitrogen and oxygen atoms in total. The topological polar surface area (TPSA) is 67.4 Å². The van der Waals surface area contributed by atoms with Gasteiger partial charge in [0.2, 0.25) is 0 Å². The van der Waals surface area contributed by atoms with Gasteiger partial charge >= 0.3 is 0 Å². The first-order chi connectivity index (χ1) is 10.7. The molecule has 6 heteroatoms. The quantitative estimate of drug-likeness (QED) is 0.921. The molecule has 0 bridgehead atoms. The van der Waals surface area contributed by atoms with Crippen molar-refractivity contribution >= 4 is 11.7 Å². The summed E-state index contributed by atoms with van der Waals surface area (Å²) in [5.41, 5.74) is 0.471. The zero-order chi connectivity index (χ0) is 15.4. The second kappa shape index (κ2) is 7.05. The first kappa shape index (κ1) is 15.2. The van der Waals surface area contributed by atoms with E-state index in [2.05, 4.69) is 22.2 Å². The van der Waals surface area contributed by atoms with Crippen LogP contribution in [-0.2, 0) is 4.74 Å². The first-order valence-corrected chi connectivity index (χ1v) is 8.19. The lowest BCUT2D eigenvalue weighted by Crippen LogP contribution is -2.39. The van der Waals surface area contributed by atoms with Gasteiger partial charge in [0, 0.05) is 32.3 Å². The standard InChI is InChI=1S/C16H24N4O2/c1-12-4-2-6-20(10-12)16(21)14-8-15(19-11-18-14)17-9-13-5-3-7-22-13/h8,11-13H,2-7,9-10H2,1H3,(H,17,18,19). The third-order valence-electron chi connectivity index (χ3n) is 4.37. The number of rotatable bonds is 4. The highest BCUT2D eigenvalue weighted by Crippen LogP contribution is 2.18. The zero-order valence-electron chi connectivity index (χ0n) is 13.1. The highest BCUT2D eigenvalue weighted by molar-refractivity contribution is 5.93. The van der Waals surface area contributed by atoms with Gasteiger partial charge in [-0.3, -0.25) is 4.79 Å². The summed E-state index contributed by atoms with van der Waals surface area (Å²) in [5.74, 6) is 1.27. The SMILES string of the molecule is CC1CCCN(C(=O)c2cc(NCC3CCCO3)ncn2)C1. The third kappa shape index (κ3) is 3.74. The zero-order valence-corrected chi connectivity index (χ0v) is 13.1. The number of carbonyl (C=O) groups excluding carboxylic acids is 1. The number of nitrogens with zero attached hydrogens (tertiary/aromatic N) is 3. The number of nitrogens with one attached hydrogen (secondary N) is 1. The van der Waals surface area contributed by atoms with E-state index in [0.29, 0.717) is 17.4 Å². The molecule has 0 spiro atoms. The van der Waals surface area contributed by atoms with Gasteiger partial charge in [0.15, 0.2) is 0 Å². The van der Waals surface area contributed by atoms with Crippen LogP contribution in [-0.4, -0.2) is 53.1 Å². The maximum absolute atomic E-state index is 12.5. The molecule has 2 atom stereocenters. The lowest BCUT2D eigenvalue weighted by Gasteiger charge is -2.30. The van der Waals surface area contributed by atoms with Crippen molar-refractivity contribution in [3.63, 3.8) is 0 Å². The second-order valence-electron chi connectivity index (χ2n) is 6.30.